The van der Waals surface area contributed by atoms with Crippen molar-refractivity contribution in [2.24, 2.45) is 0 Å². The number of hydrogen-bond donors (Lipinski definition) is 1. The molecule has 0 radical (unpaired) electrons. The average Bonchev–Trinajstić information content (AvgIpc) is 2.80. The number of para-hydroxylation sites is 1. The van der Waals surface area contributed by atoms with Gasteiger partial charge in [-0.2, -0.15) is 4.31 Å². The van der Waals surface area contributed by atoms with Gasteiger partial charge in [-0.1, -0.05) is 24.3 Å². The first-order valence-electron chi connectivity index (χ1n) is 10.4. The molecule has 0 spiro atoms. The number of piperazine rings is 1. The van der Waals surface area contributed by atoms with Crippen LogP contribution in [0.2, 0.25) is 0 Å². The number of nitrogens with zero attached hydrogens (tertiary/aromatic N) is 5. The van der Waals surface area contributed by atoms with Crippen LogP contribution in [0.1, 0.15) is 5.69 Å². The molecule has 0 saturated carbocycles. The number of aryl methyl sites for hydroxylation is 1. The van der Waals surface area contributed by atoms with Crippen LogP contribution >= 0.6 is 0 Å². The van der Waals surface area contributed by atoms with E-state index in [1.165, 1.54) is 4.31 Å². The van der Waals surface area contributed by atoms with E-state index < -0.39 is 10.0 Å². The smallest absolute Gasteiger partial charge is 0.217 e. The Morgan fingerprint density at radius 2 is 1.69 bits per heavy atom. The summed E-state index contributed by atoms with van der Waals surface area (Å²) in [7, 11) is -3.38. The van der Waals surface area contributed by atoms with Crippen LogP contribution in [0.3, 0.4) is 0 Å². The van der Waals surface area contributed by atoms with Gasteiger partial charge >= 0.3 is 0 Å². The van der Waals surface area contributed by atoms with Crippen LogP contribution in [0.25, 0.3) is 0 Å². The molecule has 3 aromatic rings. The van der Waals surface area contributed by atoms with Gasteiger partial charge in [0.1, 0.15) is 18.2 Å². The van der Waals surface area contributed by atoms with Gasteiger partial charge in [-0.15, -0.1) is 10.2 Å². The number of aromatic nitrogens is 3. The second kappa shape index (κ2) is 9.92. The predicted octanol–water partition coefficient (Wildman–Crippen LogP) is 2.45. The summed E-state index contributed by atoms with van der Waals surface area (Å²) in [4.78, 5) is 6.43. The fraction of sp³-hybridized carbons (Fsp3) is 0.318. The number of sulfonamides is 1. The van der Waals surface area contributed by atoms with Crippen molar-refractivity contribution < 1.29 is 13.2 Å². The summed E-state index contributed by atoms with van der Waals surface area (Å²) in [6, 6.07) is 18.7. The standard InChI is InChI=1S/C22H26N6O3S/c1-18-6-5-9-20(23-18)24-21-10-11-22(26-25-21)27-12-14-28(15-13-27)32(29,30)17-16-31-19-7-3-2-4-8-19/h2-11H,12-17H2,1H3,(H,23,24,25). The highest BCUT2D eigenvalue weighted by Gasteiger charge is 2.27. The van der Waals surface area contributed by atoms with E-state index in [0.717, 1.165) is 11.5 Å². The highest BCUT2D eigenvalue weighted by atomic mass is 32.2. The van der Waals surface area contributed by atoms with Crippen LogP contribution in [0, 0.1) is 6.92 Å². The molecular formula is C22H26N6O3S. The van der Waals surface area contributed by atoms with E-state index in [9.17, 15) is 8.42 Å². The molecule has 0 atom stereocenters. The van der Waals surface area contributed by atoms with Crippen molar-refractivity contribution >= 4 is 27.5 Å². The molecule has 0 bridgehead atoms. The van der Waals surface area contributed by atoms with Gasteiger partial charge in [0, 0.05) is 31.9 Å². The molecule has 2 aromatic heterocycles. The van der Waals surface area contributed by atoms with E-state index in [0.29, 0.717) is 43.6 Å². The number of ether oxygens (including phenoxy) is 1. The molecule has 32 heavy (non-hydrogen) atoms. The summed E-state index contributed by atoms with van der Waals surface area (Å²) in [6.07, 6.45) is 0. The predicted molar refractivity (Wildman–Crippen MR) is 124 cm³/mol. The summed E-state index contributed by atoms with van der Waals surface area (Å²) >= 11 is 0. The molecule has 0 aliphatic carbocycles. The fourth-order valence-corrected chi connectivity index (χ4v) is 4.68. The van der Waals surface area contributed by atoms with Gasteiger partial charge < -0.3 is 15.0 Å². The molecular weight excluding hydrogens is 428 g/mol. The number of benzene rings is 1. The molecule has 1 N–H and O–H groups in total. The molecule has 1 aliphatic heterocycles. The molecule has 0 unspecified atom stereocenters. The molecule has 0 amide bonds. The van der Waals surface area contributed by atoms with Crippen LogP contribution in [0.4, 0.5) is 17.5 Å². The van der Waals surface area contributed by atoms with E-state index in [2.05, 4.69) is 20.5 Å². The van der Waals surface area contributed by atoms with E-state index in [-0.39, 0.29) is 12.4 Å². The monoisotopic (exact) mass is 454 g/mol. The Balaban J connectivity index is 1.27. The van der Waals surface area contributed by atoms with E-state index >= 15 is 0 Å². The number of anilines is 3. The Morgan fingerprint density at radius 1 is 0.906 bits per heavy atom. The lowest BCUT2D eigenvalue weighted by atomic mass is 10.3. The minimum atomic E-state index is -3.38. The zero-order chi connectivity index (χ0) is 22.4. The van der Waals surface area contributed by atoms with Crippen molar-refractivity contribution in [1.82, 2.24) is 19.5 Å². The van der Waals surface area contributed by atoms with E-state index in [1.807, 2.05) is 72.5 Å². The highest BCUT2D eigenvalue weighted by molar-refractivity contribution is 7.89. The number of nitrogens with one attached hydrogen (secondary N) is 1. The van der Waals surface area contributed by atoms with Crippen molar-refractivity contribution in [3.05, 3.63) is 66.4 Å². The average molecular weight is 455 g/mol. The first-order valence-corrected chi connectivity index (χ1v) is 12.1. The van der Waals surface area contributed by atoms with Crippen molar-refractivity contribution in [2.75, 3.05) is 48.8 Å². The van der Waals surface area contributed by atoms with E-state index in [4.69, 9.17) is 4.74 Å². The number of rotatable bonds is 8. The Hall–Kier alpha value is -3.24. The van der Waals surface area contributed by atoms with Crippen LogP contribution in [0.5, 0.6) is 5.75 Å². The third kappa shape index (κ3) is 5.71. The third-order valence-electron chi connectivity index (χ3n) is 5.10. The maximum atomic E-state index is 12.6. The van der Waals surface area contributed by atoms with Crippen molar-refractivity contribution in [2.45, 2.75) is 6.92 Å². The van der Waals surface area contributed by atoms with Crippen molar-refractivity contribution in [1.29, 1.82) is 0 Å². The lowest BCUT2D eigenvalue weighted by molar-refractivity contribution is 0.331. The SMILES string of the molecule is Cc1cccc(Nc2ccc(N3CCN(S(=O)(=O)CCOc4ccccc4)CC3)nn2)n1. The molecule has 1 saturated heterocycles. The van der Waals surface area contributed by atoms with Crippen LogP contribution < -0.4 is 15.0 Å². The second-order valence-electron chi connectivity index (χ2n) is 7.43. The summed E-state index contributed by atoms with van der Waals surface area (Å²) < 4.78 is 32.3. The summed E-state index contributed by atoms with van der Waals surface area (Å²) in [5.41, 5.74) is 0.916. The lowest BCUT2D eigenvalue weighted by Gasteiger charge is -2.34. The first-order chi connectivity index (χ1) is 15.5. The molecule has 10 heteroatoms. The number of hydrogen-bond acceptors (Lipinski definition) is 8. The van der Waals surface area contributed by atoms with Crippen LogP contribution in [-0.4, -0.2) is 66.4 Å². The van der Waals surface area contributed by atoms with Crippen molar-refractivity contribution in [3.8, 4) is 5.75 Å². The first kappa shape index (κ1) is 22.0. The van der Waals surface area contributed by atoms with Gasteiger partial charge in [-0.3, -0.25) is 0 Å². The molecule has 1 aliphatic rings. The van der Waals surface area contributed by atoms with Gasteiger partial charge in [-0.25, -0.2) is 13.4 Å². The van der Waals surface area contributed by atoms with Gasteiger partial charge in [0.15, 0.2) is 11.6 Å². The third-order valence-corrected chi connectivity index (χ3v) is 6.94. The van der Waals surface area contributed by atoms with Crippen LogP contribution in [0.15, 0.2) is 60.7 Å². The molecule has 3 heterocycles. The minimum Gasteiger partial charge on any atom is -0.492 e. The Morgan fingerprint density at radius 3 is 2.38 bits per heavy atom. The molecule has 9 nitrogen and oxygen atoms in total. The maximum Gasteiger partial charge on any atom is 0.217 e. The zero-order valence-electron chi connectivity index (χ0n) is 17.9. The summed E-state index contributed by atoms with van der Waals surface area (Å²) in [5.74, 6) is 2.66. The molecule has 1 aromatic carbocycles. The van der Waals surface area contributed by atoms with Gasteiger partial charge in [0.05, 0.1) is 5.75 Å². The fourth-order valence-electron chi connectivity index (χ4n) is 3.41. The quantitative estimate of drug-likeness (QED) is 0.554. The topological polar surface area (TPSA) is 101 Å². The normalized spacial score (nSPS) is 14.8. The highest BCUT2D eigenvalue weighted by Crippen LogP contribution is 2.18. The Kier molecular flexibility index (Phi) is 6.81. The summed E-state index contributed by atoms with van der Waals surface area (Å²) in [6.45, 7) is 3.98. The largest absolute Gasteiger partial charge is 0.492 e. The number of pyridine rings is 1. The lowest BCUT2D eigenvalue weighted by Crippen LogP contribution is -2.50. The zero-order valence-corrected chi connectivity index (χ0v) is 18.7. The molecule has 168 valence electrons. The van der Waals surface area contributed by atoms with Crippen molar-refractivity contribution in [3.63, 3.8) is 0 Å². The molecule has 1 fully saturated rings. The maximum absolute atomic E-state index is 12.6. The van der Waals surface area contributed by atoms with Gasteiger partial charge in [0.25, 0.3) is 0 Å². The van der Waals surface area contributed by atoms with Gasteiger partial charge in [0.2, 0.25) is 10.0 Å². The Labute approximate surface area is 188 Å². The Bertz CT molecular complexity index is 1120. The van der Waals surface area contributed by atoms with E-state index in [1.54, 1.807) is 0 Å². The van der Waals surface area contributed by atoms with Gasteiger partial charge in [-0.05, 0) is 43.3 Å². The minimum absolute atomic E-state index is 0.0466. The molecule has 4 rings (SSSR count). The second-order valence-corrected chi connectivity index (χ2v) is 9.52. The van der Waals surface area contributed by atoms with Crippen LogP contribution in [-0.2, 0) is 10.0 Å². The summed E-state index contributed by atoms with van der Waals surface area (Å²) in [5, 5.41) is 11.6.